The molecule has 0 saturated carbocycles. The number of aliphatic hydroxyl groups is 1. The second-order valence-electron chi connectivity index (χ2n) is 7.10. The number of anilines is 1. The monoisotopic (exact) mass is 359 g/mol. The number of benzene rings is 2. The van der Waals surface area contributed by atoms with E-state index >= 15 is 0 Å². The van der Waals surface area contributed by atoms with Gasteiger partial charge >= 0.3 is 0 Å². The molecular weight excluding hydrogens is 331 g/mol. The summed E-state index contributed by atoms with van der Waals surface area (Å²) in [5.74, 6) is 0.629. The number of ether oxygens (including phenoxy) is 1. The van der Waals surface area contributed by atoms with Crippen molar-refractivity contribution in [3.05, 3.63) is 59.4 Å². The maximum atomic E-state index is 13.9. The van der Waals surface area contributed by atoms with Gasteiger partial charge in [0.2, 0.25) is 0 Å². The summed E-state index contributed by atoms with van der Waals surface area (Å²) >= 11 is 0. The Hall–Kier alpha value is -2.11. The number of hydrogen-bond donors (Lipinski definition) is 2. The Morgan fingerprint density at radius 2 is 1.85 bits per heavy atom. The number of rotatable bonds is 6. The Bertz CT molecular complexity index is 730. The molecule has 0 aliphatic carbocycles. The standard InChI is InChI=1S/C21H27FN2O2/c1-16-7-8-19(13-17(16)2)26-15-18(25)14-23-9-11-24(12-10-23)21-6-4-3-5-20(21)22/h3-8,13,18,25H,9-12,14-15H2,1-2H3/p+1. The first-order valence-corrected chi connectivity index (χ1v) is 9.24. The Balaban J connectivity index is 1.44. The van der Waals surface area contributed by atoms with E-state index in [-0.39, 0.29) is 5.82 Å². The molecule has 0 spiro atoms. The van der Waals surface area contributed by atoms with Crippen molar-refractivity contribution in [2.24, 2.45) is 0 Å². The molecule has 140 valence electrons. The van der Waals surface area contributed by atoms with Gasteiger partial charge in [0.25, 0.3) is 0 Å². The Morgan fingerprint density at radius 1 is 1.12 bits per heavy atom. The summed E-state index contributed by atoms with van der Waals surface area (Å²) in [7, 11) is 0. The predicted octanol–water partition coefficient (Wildman–Crippen LogP) is 1.59. The van der Waals surface area contributed by atoms with Gasteiger partial charge in [-0.3, -0.25) is 0 Å². The van der Waals surface area contributed by atoms with Crippen molar-refractivity contribution in [1.82, 2.24) is 0 Å². The number of hydrogen-bond acceptors (Lipinski definition) is 3. The van der Waals surface area contributed by atoms with Gasteiger partial charge in [0.05, 0.1) is 31.9 Å². The molecule has 26 heavy (non-hydrogen) atoms. The van der Waals surface area contributed by atoms with Crippen LogP contribution in [0.1, 0.15) is 11.1 Å². The van der Waals surface area contributed by atoms with Crippen LogP contribution in [-0.2, 0) is 0 Å². The highest BCUT2D eigenvalue weighted by Gasteiger charge is 2.24. The minimum absolute atomic E-state index is 0.169. The van der Waals surface area contributed by atoms with Gasteiger partial charge < -0.3 is 19.6 Å². The summed E-state index contributed by atoms with van der Waals surface area (Å²) in [6.07, 6.45) is -0.508. The maximum Gasteiger partial charge on any atom is 0.146 e. The Kier molecular flexibility index (Phi) is 6.12. The summed E-state index contributed by atoms with van der Waals surface area (Å²) in [5, 5.41) is 10.3. The molecule has 5 heteroatoms. The van der Waals surface area contributed by atoms with Gasteiger partial charge in [-0.2, -0.15) is 0 Å². The van der Waals surface area contributed by atoms with Crippen molar-refractivity contribution in [2.45, 2.75) is 20.0 Å². The van der Waals surface area contributed by atoms with Crippen LogP contribution in [0.25, 0.3) is 0 Å². The van der Waals surface area contributed by atoms with Crippen LogP contribution in [-0.4, -0.2) is 50.5 Å². The number of nitrogens with zero attached hydrogens (tertiary/aromatic N) is 1. The smallest absolute Gasteiger partial charge is 0.146 e. The van der Waals surface area contributed by atoms with Crippen molar-refractivity contribution >= 4 is 5.69 Å². The van der Waals surface area contributed by atoms with E-state index in [0.29, 0.717) is 18.8 Å². The van der Waals surface area contributed by atoms with Crippen molar-refractivity contribution in [3.63, 3.8) is 0 Å². The lowest BCUT2D eigenvalue weighted by Crippen LogP contribution is -3.16. The van der Waals surface area contributed by atoms with E-state index in [0.717, 1.165) is 31.9 Å². The molecule has 1 aliphatic heterocycles. The zero-order valence-corrected chi connectivity index (χ0v) is 15.5. The minimum atomic E-state index is -0.508. The van der Waals surface area contributed by atoms with Gasteiger partial charge in [-0.15, -0.1) is 0 Å². The number of piperazine rings is 1. The van der Waals surface area contributed by atoms with Crippen LogP contribution in [0.2, 0.25) is 0 Å². The minimum Gasteiger partial charge on any atom is -0.491 e. The molecule has 0 bridgehead atoms. The van der Waals surface area contributed by atoms with Crippen LogP contribution in [0.5, 0.6) is 5.75 Å². The van der Waals surface area contributed by atoms with Gasteiger partial charge in [0, 0.05) is 0 Å². The van der Waals surface area contributed by atoms with Crippen LogP contribution in [0.4, 0.5) is 10.1 Å². The van der Waals surface area contributed by atoms with Gasteiger partial charge in [-0.25, -0.2) is 4.39 Å². The fourth-order valence-electron chi connectivity index (χ4n) is 3.36. The highest BCUT2D eigenvalue weighted by atomic mass is 19.1. The molecular formula is C21H28FN2O2+. The molecule has 0 amide bonds. The first-order chi connectivity index (χ1) is 12.5. The zero-order valence-electron chi connectivity index (χ0n) is 15.5. The molecule has 1 atom stereocenters. The van der Waals surface area contributed by atoms with Gasteiger partial charge in [-0.05, 0) is 49.2 Å². The highest BCUT2D eigenvalue weighted by molar-refractivity contribution is 5.47. The third-order valence-electron chi connectivity index (χ3n) is 5.11. The second kappa shape index (κ2) is 8.52. The molecule has 0 radical (unpaired) electrons. The van der Waals surface area contributed by atoms with Crippen LogP contribution >= 0.6 is 0 Å². The Labute approximate surface area is 154 Å². The first-order valence-electron chi connectivity index (χ1n) is 9.24. The van der Waals surface area contributed by atoms with Crippen LogP contribution in [0.3, 0.4) is 0 Å². The third-order valence-corrected chi connectivity index (χ3v) is 5.11. The summed E-state index contributed by atoms with van der Waals surface area (Å²) < 4.78 is 19.6. The largest absolute Gasteiger partial charge is 0.491 e. The number of aliphatic hydroxyl groups excluding tert-OH is 1. The van der Waals surface area contributed by atoms with E-state index < -0.39 is 6.10 Å². The average Bonchev–Trinajstić information content (AvgIpc) is 2.64. The summed E-state index contributed by atoms with van der Waals surface area (Å²) in [6, 6.07) is 12.9. The van der Waals surface area contributed by atoms with Crippen LogP contribution < -0.4 is 14.5 Å². The number of halogens is 1. The fourth-order valence-corrected chi connectivity index (χ4v) is 3.36. The quantitative estimate of drug-likeness (QED) is 0.823. The average molecular weight is 359 g/mol. The normalized spacial score (nSPS) is 16.5. The molecule has 1 heterocycles. The number of nitrogens with one attached hydrogen (secondary N) is 1. The predicted molar refractivity (Wildman–Crippen MR) is 102 cm³/mol. The number of quaternary nitrogens is 1. The molecule has 1 saturated heterocycles. The lowest BCUT2D eigenvalue weighted by Gasteiger charge is -2.34. The lowest BCUT2D eigenvalue weighted by molar-refractivity contribution is -0.903. The maximum absolute atomic E-state index is 13.9. The van der Waals surface area contributed by atoms with Gasteiger partial charge in [0.15, 0.2) is 0 Å². The van der Waals surface area contributed by atoms with E-state index in [1.807, 2.05) is 30.3 Å². The molecule has 2 aromatic rings. The molecule has 1 fully saturated rings. The van der Waals surface area contributed by atoms with Crippen molar-refractivity contribution < 1.29 is 19.1 Å². The van der Waals surface area contributed by atoms with Crippen LogP contribution in [0, 0.1) is 19.7 Å². The van der Waals surface area contributed by atoms with Crippen molar-refractivity contribution in [1.29, 1.82) is 0 Å². The summed E-state index contributed by atoms with van der Waals surface area (Å²) in [6.45, 7) is 8.42. The van der Waals surface area contributed by atoms with Crippen molar-refractivity contribution in [3.8, 4) is 5.75 Å². The number of aryl methyl sites for hydroxylation is 2. The second-order valence-corrected chi connectivity index (χ2v) is 7.10. The molecule has 1 aliphatic rings. The summed E-state index contributed by atoms with van der Waals surface area (Å²) in [5.41, 5.74) is 3.09. The van der Waals surface area contributed by atoms with E-state index in [9.17, 15) is 9.50 Å². The molecule has 2 aromatic carbocycles. The molecule has 4 nitrogen and oxygen atoms in total. The SMILES string of the molecule is Cc1ccc(OCC(O)C[NH+]2CCN(c3ccccc3F)CC2)cc1C. The lowest BCUT2D eigenvalue weighted by atomic mass is 10.1. The van der Waals surface area contributed by atoms with Crippen LogP contribution in [0.15, 0.2) is 42.5 Å². The van der Waals surface area contributed by atoms with Gasteiger partial charge in [-0.1, -0.05) is 18.2 Å². The summed E-state index contributed by atoms with van der Waals surface area (Å²) in [4.78, 5) is 3.41. The van der Waals surface area contributed by atoms with E-state index in [2.05, 4.69) is 18.7 Å². The van der Waals surface area contributed by atoms with E-state index in [1.165, 1.54) is 22.1 Å². The zero-order chi connectivity index (χ0) is 18.5. The van der Waals surface area contributed by atoms with E-state index in [1.54, 1.807) is 6.07 Å². The van der Waals surface area contributed by atoms with E-state index in [4.69, 9.17) is 4.74 Å². The third kappa shape index (κ3) is 4.74. The van der Waals surface area contributed by atoms with Crippen molar-refractivity contribution in [2.75, 3.05) is 44.2 Å². The Morgan fingerprint density at radius 3 is 2.54 bits per heavy atom. The topological polar surface area (TPSA) is 37.1 Å². The molecule has 2 N–H and O–H groups in total. The molecule has 1 unspecified atom stereocenters. The first kappa shape index (κ1) is 18.7. The molecule has 0 aromatic heterocycles. The van der Waals surface area contributed by atoms with Gasteiger partial charge in [0.1, 0.15) is 30.8 Å². The highest BCUT2D eigenvalue weighted by Crippen LogP contribution is 2.18. The molecule has 3 rings (SSSR count). The fraction of sp³-hybridized carbons (Fsp3) is 0.429. The number of para-hydroxylation sites is 1.